The van der Waals surface area contributed by atoms with Crippen LogP contribution in [0.25, 0.3) is 16.6 Å². The molecular formula is C29H34FN7O4. The van der Waals surface area contributed by atoms with Crippen molar-refractivity contribution in [1.82, 2.24) is 24.1 Å². The van der Waals surface area contributed by atoms with Gasteiger partial charge in [0.1, 0.15) is 11.1 Å². The summed E-state index contributed by atoms with van der Waals surface area (Å²) in [4.78, 5) is 34.1. The fourth-order valence-electron chi connectivity index (χ4n) is 5.23. The summed E-state index contributed by atoms with van der Waals surface area (Å²) < 4.78 is 29.2. The maximum absolute atomic E-state index is 14.6. The van der Waals surface area contributed by atoms with Crippen molar-refractivity contribution in [2.24, 2.45) is 0 Å². The van der Waals surface area contributed by atoms with E-state index in [1.165, 1.54) is 6.07 Å². The standard InChI is InChI=1S/C29H34FN7O4/c1-18-14-36-15-19(13-23(30)26(36)31-18)32-27(38)21-5-6-24(22-17-37(33-25(21)22)16-20-7-12-40-20)34-8-10-35(11-9-34)28(39)41-29(2,3)4/h5-6,13-15,17,20H,7-12,16H2,1-4H3,(H,32,38). The van der Waals surface area contributed by atoms with Crippen molar-refractivity contribution >= 4 is 39.9 Å². The van der Waals surface area contributed by atoms with E-state index in [-0.39, 0.29) is 17.8 Å². The summed E-state index contributed by atoms with van der Waals surface area (Å²) in [5.74, 6) is -0.913. The first-order valence-corrected chi connectivity index (χ1v) is 13.8. The minimum atomic E-state index is -0.551. The largest absolute Gasteiger partial charge is 0.444 e. The highest BCUT2D eigenvalue weighted by Gasteiger charge is 2.28. The summed E-state index contributed by atoms with van der Waals surface area (Å²) in [5, 5.41) is 8.44. The van der Waals surface area contributed by atoms with Crippen molar-refractivity contribution in [2.45, 2.75) is 52.4 Å². The van der Waals surface area contributed by atoms with E-state index in [0.717, 1.165) is 24.1 Å². The van der Waals surface area contributed by atoms with E-state index in [4.69, 9.17) is 14.6 Å². The summed E-state index contributed by atoms with van der Waals surface area (Å²) in [6.45, 7) is 10.9. The first-order chi connectivity index (χ1) is 19.5. The van der Waals surface area contributed by atoms with Gasteiger partial charge >= 0.3 is 6.09 Å². The van der Waals surface area contributed by atoms with Crippen LogP contribution in [0.15, 0.2) is 36.8 Å². The van der Waals surface area contributed by atoms with Crippen LogP contribution >= 0.6 is 0 Å². The van der Waals surface area contributed by atoms with E-state index in [9.17, 15) is 14.0 Å². The fraction of sp³-hybridized carbons (Fsp3) is 0.448. The number of carbonyl (C=O) groups is 2. The van der Waals surface area contributed by atoms with Crippen LogP contribution < -0.4 is 10.2 Å². The highest BCUT2D eigenvalue weighted by molar-refractivity contribution is 6.14. The van der Waals surface area contributed by atoms with Gasteiger partial charge in [-0.15, -0.1) is 0 Å². The zero-order chi connectivity index (χ0) is 28.9. The summed E-state index contributed by atoms with van der Waals surface area (Å²) in [7, 11) is 0. The molecule has 4 aromatic rings. The molecule has 3 aromatic heterocycles. The Balaban J connectivity index is 1.27. The number of fused-ring (bicyclic) bond motifs is 2. The van der Waals surface area contributed by atoms with Crippen LogP contribution in [0.5, 0.6) is 0 Å². The van der Waals surface area contributed by atoms with Crippen molar-refractivity contribution in [3.05, 3.63) is 53.9 Å². The molecule has 216 valence electrons. The lowest BCUT2D eigenvalue weighted by atomic mass is 10.1. The molecule has 2 aliphatic rings. The van der Waals surface area contributed by atoms with Gasteiger partial charge < -0.3 is 29.0 Å². The van der Waals surface area contributed by atoms with Crippen LogP contribution in [0.1, 0.15) is 43.2 Å². The number of anilines is 2. The summed E-state index contributed by atoms with van der Waals surface area (Å²) in [5.41, 5.74) is 2.51. The lowest BCUT2D eigenvalue weighted by molar-refractivity contribution is -0.0608. The molecule has 2 aliphatic heterocycles. The number of halogens is 1. The number of hydrogen-bond donors (Lipinski definition) is 1. The number of aryl methyl sites for hydroxylation is 1. The number of nitrogens with one attached hydrogen (secondary N) is 1. The highest BCUT2D eigenvalue weighted by Crippen LogP contribution is 2.31. The maximum Gasteiger partial charge on any atom is 0.410 e. The number of imidazole rings is 1. The second kappa shape index (κ2) is 10.3. The molecule has 5 heterocycles. The Morgan fingerprint density at radius 3 is 2.59 bits per heavy atom. The number of hydrogen-bond acceptors (Lipinski definition) is 7. The van der Waals surface area contributed by atoms with E-state index in [1.807, 2.05) is 37.7 Å². The van der Waals surface area contributed by atoms with Gasteiger partial charge in [-0.25, -0.2) is 14.2 Å². The van der Waals surface area contributed by atoms with Crippen LogP contribution in [0.3, 0.4) is 0 Å². The van der Waals surface area contributed by atoms with Crippen LogP contribution in [0.4, 0.5) is 20.6 Å². The van der Waals surface area contributed by atoms with E-state index < -0.39 is 17.3 Å². The normalized spacial score (nSPS) is 17.6. The molecule has 12 heteroatoms. The third kappa shape index (κ3) is 5.56. The number of rotatable bonds is 5. The predicted octanol–water partition coefficient (Wildman–Crippen LogP) is 4.23. The molecule has 0 aliphatic carbocycles. The molecule has 0 saturated carbocycles. The number of pyridine rings is 1. The van der Waals surface area contributed by atoms with Gasteiger partial charge in [0, 0.05) is 68.5 Å². The Morgan fingerprint density at radius 2 is 1.90 bits per heavy atom. The second-order valence-electron chi connectivity index (χ2n) is 11.6. The minimum absolute atomic E-state index is 0.0933. The van der Waals surface area contributed by atoms with Gasteiger partial charge in [0.25, 0.3) is 5.91 Å². The molecular weight excluding hydrogens is 529 g/mol. The number of piperazine rings is 1. The number of benzene rings is 1. The van der Waals surface area contributed by atoms with E-state index in [1.54, 1.807) is 34.7 Å². The molecule has 2 amide bonds. The molecule has 1 aromatic carbocycles. The molecule has 2 fully saturated rings. The summed E-state index contributed by atoms with van der Waals surface area (Å²) in [6.07, 6.45) is 6.03. The smallest absolute Gasteiger partial charge is 0.410 e. The molecule has 2 saturated heterocycles. The van der Waals surface area contributed by atoms with Crippen LogP contribution in [0.2, 0.25) is 0 Å². The molecule has 0 radical (unpaired) electrons. The van der Waals surface area contributed by atoms with Crippen LogP contribution in [0, 0.1) is 12.7 Å². The molecule has 1 N–H and O–H groups in total. The van der Waals surface area contributed by atoms with Gasteiger partial charge in [0.15, 0.2) is 11.5 Å². The summed E-state index contributed by atoms with van der Waals surface area (Å²) in [6, 6.07) is 4.93. The lowest BCUT2D eigenvalue weighted by Gasteiger charge is -2.37. The quantitative estimate of drug-likeness (QED) is 0.387. The van der Waals surface area contributed by atoms with E-state index in [2.05, 4.69) is 15.2 Å². The number of amides is 2. The monoisotopic (exact) mass is 563 g/mol. The first kappa shape index (κ1) is 27.0. The SMILES string of the molecule is Cc1cn2cc(NC(=O)c3ccc(N4CCN(C(=O)OC(C)(C)C)CC4)c4cn(CC5CCO5)nc34)cc(F)c2n1. The zero-order valence-electron chi connectivity index (χ0n) is 23.7. The average molecular weight is 564 g/mol. The lowest BCUT2D eigenvalue weighted by Crippen LogP contribution is -2.50. The Bertz CT molecular complexity index is 1630. The van der Waals surface area contributed by atoms with Gasteiger partial charge in [-0.05, 0) is 46.2 Å². The Kier molecular flexibility index (Phi) is 6.80. The van der Waals surface area contributed by atoms with E-state index >= 15 is 0 Å². The van der Waals surface area contributed by atoms with Crippen molar-refractivity contribution in [3.8, 4) is 0 Å². The number of nitrogens with zero attached hydrogens (tertiary/aromatic N) is 6. The Hall–Kier alpha value is -4.19. The number of aromatic nitrogens is 4. The van der Waals surface area contributed by atoms with Gasteiger partial charge in [-0.1, -0.05) is 0 Å². The third-order valence-corrected chi connectivity index (χ3v) is 7.29. The van der Waals surface area contributed by atoms with Crippen molar-refractivity contribution in [1.29, 1.82) is 0 Å². The summed E-state index contributed by atoms with van der Waals surface area (Å²) >= 11 is 0. The molecule has 1 atom stereocenters. The number of carbonyl (C=O) groups excluding carboxylic acids is 2. The van der Waals surface area contributed by atoms with Gasteiger partial charge in [0.05, 0.1) is 29.6 Å². The fourth-order valence-corrected chi connectivity index (χ4v) is 5.23. The molecule has 41 heavy (non-hydrogen) atoms. The number of ether oxygens (including phenoxy) is 2. The van der Waals surface area contributed by atoms with Gasteiger partial charge in [0.2, 0.25) is 0 Å². The molecule has 6 rings (SSSR count). The Morgan fingerprint density at radius 1 is 1.15 bits per heavy atom. The van der Waals surface area contributed by atoms with E-state index in [0.29, 0.717) is 55.2 Å². The first-order valence-electron chi connectivity index (χ1n) is 13.8. The zero-order valence-corrected chi connectivity index (χ0v) is 23.7. The molecule has 1 unspecified atom stereocenters. The molecule has 0 bridgehead atoms. The topological polar surface area (TPSA) is 106 Å². The van der Waals surface area contributed by atoms with Crippen molar-refractivity contribution < 1.29 is 23.5 Å². The predicted molar refractivity (Wildman–Crippen MR) is 152 cm³/mol. The van der Waals surface area contributed by atoms with Crippen molar-refractivity contribution in [3.63, 3.8) is 0 Å². The third-order valence-electron chi connectivity index (χ3n) is 7.29. The van der Waals surface area contributed by atoms with Crippen LogP contribution in [-0.4, -0.2) is 80.6 Å². The maximum atomic E-state index is 14.6. The molecule has 11 nitrogen and oxygen atoms in total. The van der Waals surface area contributed by atoms with Crippen molar-refractivity contribution in [2.75, 3.05) is 43.0 Å². The molecule has 0 spiro atoms. The van der Waals surface area contributed by atoms with Gasteiger partial charge in [-0.3, -0.25) is 9.48 Å². The average Bonchev–Trinajstić information content (AvgIpc) is 3.48. The second-order valence-corrected chi connectivity index (χ2v) is 11.6. The minimum Gasteiger partial charge on any atom is -0.444 e. The Labute approximate surface area is 236 Å². The highest BCUT2D eigenvalue weighted by atomic mass is 19.1. The van der Waals surface area contributed by atoms with Crippen LogP contribution in [-0.2, 0) is 16.0 Å². The van der Waals surface area contributed by atoms with Gasteiger partial charge in [-0.2, -0.15) is 5.10 Å².